The SMILES string of the molecule is Cc1c(O)c(O)cc2c1CC=C1C2(C)CCC2(C)C3CC(C)(C(=O)O)CCC3(C)CCC12C.Cl.Nc1ccc(N=Nc2ccccc2)c(N)n1. The minimum absolute atomic E-state index is 0. The summed E-state index contributed by atoms with van der Waals surface area (Å²) >= 11 is 0. The van der Waals surface area contributed by atoms with Crippen molar-refractivity contribution in [3.05, 3.63) is 76.9 Å². The summed E-state index contributed by atoms with van der Waals surface area (Å²) in [5.41, 5.74) is 16.4. The molecule has 6 atom stereocenters. The van der Waals surface area contributed by atoms with Crippen LogP contribution >= 0.6 is 12.4 Å². The molecule has 0 amide bonds. The molecule has 9 nitrogen and oxygen atoms in total. The van der Waals surface area contributed by atoms with E-state index in [1.165, 1.54) is 11.1 Å². The standard InChI is InChI=1S/C29H40O4.C11H11N5.ClH/c1-17-18-7-8-21-27(4,19(18)15-20(30)23(17)31)12-14-29(6)22-16-26(3,24(32)33)10-9-25(22,2)11-13-28(21,29)5;12-10-7-6-9(11(13)14-10)16-15-8-4-2-1-3-5-8;/h8,15,22,30-31H,7,9-14,16H2,1-6H3,(H,32,33);1-7H,(H4,12,13,14);1H. The van der Waals surface area contributed by atoms with Crippen molar-refractivity contribution in [2.75, 3.05) is 11.5 Å². The van der Waals surface area contributed by atoms with Gasteiger partial charge >= 0.3 is 5.97 Å². The fourth-order valence-corrected chi connectivity index (χ4v) is 10.1. The van der Waals surface area contributed by atoms with Gasteiger partial charge in [0.2, 0.25) is 0 Å². The normalized spacial score (nSPS) is 32.5. The molecule has 50 heavy (non-hydrogen) atoms. The number of nitrogen functional groups attached to an aromatic ring is 2. The Morgan fingerprint density at radius 3 is 2.24 bits per heavy atom. The van der Waals surface area contributed by atoms with Crippen molar-refractivity contribution in [3.8, 4) is 11.5 Å². The topological polar surface area (TPSA) is 167 Å². The molecule has 6 unspecified atom stereocenters. The Bertz CT molecular complexity index is 1870. The maximum Gasteiger partial charge on any atom is 0.309 e. The van der Waals surface area contributed by atoms with E-state index in [2.05, 4.69) is 49.0 Å². The summed E-state index contributed by atoms with van der Waals surface area (Å²) in [5, 5.41) is 38.9. The number of nitrogens with two attached hydrogens (primary N) is 2. The van der Waals surface area contributed by atoms with E-state index in [-0.39, 0.29) is 51.4 Å². The number of nitrogens with zero attached hydrogens (tertiary/aromatic N) is 3. The number of rotatable bonds is 3. The van der Waals surface area contributed by atoms with Gasteiger partial charge in [-0.2, -0.15) is 5.11 Å². The second kappa shape index (κ2) is 12.9. The molecule has 3 aromatic rings. The van der Waals surface area contributed by atoms with Crippen molar-refractivity contribution in [2.24, 2.45) is 37.8 Å². The third-order valence-electron chi connectivity index (χ3n) is 13.5. The molecule has 2 aromatic carbocycles. The number of halogens is 1. The van der Waals surface area contributed by atoms with Crippen LogP contribution in [0.5, 0.6) is 11.5 Å². The molecular formula is C40H52ClN5O4. The lowest BCUT2D eigenvalue weighted by molar-refractivity contribution is -0.177. The number of benzene rings is 2. The average Bonchev–Trinajstić information content (AvgIpc) is 3.06. The zero-order valence-corrected chi connectivity index (χ0v) is 30.9. The quantitative estimate of drug-likeness (QED) is 0.103. The van der Waals surface area contributed by atoms with Crippen LogP contribution in [-0.4, -0.2) is 26.3 Å². The van der Waals surface area contributed by atoms with Crippen LogP contribution in [0.15, 0.2) is 70.4 Å². The summed E-state index contributed by atoms with van der Waals surface area (Å²) in [4.78, 5) is 16.1. The zero-order chi connectivity index (χ0) is 35.6. The van der Waals surface area contributed by atoms with Crippen LogP contribution in [0.3, 0.4) is 0 Å². The number of hydrogen-bond acceptors (Lipinski definition) is 8. The molecule has 1 aromatic heterocycles. The van der Waals surface area contributed by atoms with Crippen LogP contribution in [-0.2, 0) is 16.6 Å². The Balaban J connectivity index is 0.000000241. The highest BCUT2D eigenvalue weighted by molar-refractivity contribution is 5.85. The smallest absolute Gasteiger partial charge is 0.309 e. The lowest BCUT2D eigenvalue weighted by atomic mass is 9.34. The van der Waals surface area contributed by atoms with Crippen LogP contribution in [0.2, 0.25) is 0 Å². The highest BCUT2D eigenvalue weighted by Crippen LogP contribution is 2.74. The predicted molar refractivity (Wildman–Crippen MR) is 200 cm³/mol. The average molecular weight is 702 g/mol. The number of allylic oxidation sites excluding steroid dienone is 2. The van der Waals surface area contributed by atoms with Crippen molar-refractivity contribution in [2.45, 2.75) is 98.3 Å². The number of pyridine rings is 1. The van der Waals surface area contributed by atoms with Crippen LogP contribution in [0.1, 0.15) is 96.3 Å². The largest absolute Gasteiger partial charge is 0.504 e. The molecule has 7 N–H and O–H groups in total. The zero-order valence-electron chi connectivity index (χ0n) is 30.1. The fraction of sp³-hybridized carbons (Fsp3) is 0.500. The van der Waals surface area contributed by atoms with Gasteiger partial charge in [0.25, 0.3) is 0 Å². The number of azo groups is 1. The molecule has 3 saturated carbocycles. The molecule has 1 heterocycles. The van der Waals surface area contributed by atoms with Crippen molar-refractivity contribution >= 4 is 41.4 Å². The first kappa shape index (κ1) is 37.2. The Labute approximate surface area is 301 Å². The van der Waals surface area contributed by atoms with E-state index in [9.17, 15) is 20.1 Å². The number of aromatic hydroxyl groups is 2. The summed E-state index contributed by atoms with van der Waals surface area (Å²) in [6.45, 7) is 13.5. The molecule has 268 valence electrons. The first-order valence-corrected chi connectivity index (χ1v) is 17.5. The van der Waals surface area contributed by atoms with E-state index in [4.69, 9.17) is 11.5 Å². The first-order valence-electron chi connectivity index (χ1n) is 17.5. The number of carboxylic acids is 1. The predicted octanol–water partition coefficient (Wildman–Crippen LogP) is 9.73. The molecule has 0 spiro atoms. The van der Waals surface area contributed by atoms with Crippen LogP contribution in [0.4, 0.5) is 23.0 Å². The molecule has 0 aliphatic heterocycles. The highest BCUT2D eigenvalue weighted by atomic mass is 35.5. The third-order valence-corrected chi connectivity index (χ3v) is 13.5. The fourth-order valence-electron chi connectivity index (χ4n) is 10.1. The summed E-state index contributed by atoms with van der Waals surface area (Å²) in [5.74, 6) is 0.367. The Kier molecular flexibility index (Phi) is 9.58. The summed E-state index contributed by atoms with van der Waals surface area (Å²) in [6.07, 6.45) is 10.0. The number of phenolic OH excluding ortho intramolecular Hbond substituents is 2. The first-order chi connectivity index (χ1) is 23.0. The number of hydrogen-bond donors (Lipinski definition) is 5. The number of phenols is 2. The highest BCUT2D eigenvalue weighted by Gasteiger charge is 2.67. The minimum atomic E-state index is -0.641. The molecule has 0 saturated heterocycles. The van der Waals surface area contributed by atoms with Crippen LogP contribution < -0.4 is 11.5 Å². The lowest BCUT2D eigenvalue weighted by Crippen LogP contribution is -2.62. The van der Waals surface area contributed by atoms with Crippen molar-refractivity contribution in [1.29, 1.82) is 0 Å². The van der Waals surface area contributed by atoms with E-state index in [1.54, 1.807) is 12.1 Å². The van der Waals surface area contributed by atoms with E-state index < -0.39 is 11.4 Å². The van der Waals surface area contributed by atoms with Gasteiger partial charge in [-0.15, -0.1) is 17.5 Å². The molecular weight excluding hydrogens is 650 g/mol. The Morgan fingerprint density at radius 1 is 0.900 bits per heavy atom. The van der Waals surface area contributed by atoms with Gasteiger partial charge in [0.05, 0.1) is 11.1 Å². The van der Waals surface area contributed by atoms with Crippen molar-refractivity contribution in [3.63, 3.8) is 0 Å². The van der Waals surface area contributed by atoms with Gasteiger partial charge in [-0.05, 0) is 134 Å². The maximum atomic E-state index is 12.3. The molecule has 10 heteroatoms. The van der Waals surface area contributed by atoms with Crippen molar-refractivity contribution in [1.82, 2.24) is 4.98 Å². The van der Waals surface area contributed by atoms with Gasteiger partial charge < -0.3 is 26.8 Å². The number of anilines is 2. The summed E-state index contributed by atoms with van der Waals surface area (Å²) in [6, 6.07) is 14.5. The van der Waals surface area contributed by atoms with Gasteiger partial charge in [-0.25, -0.2) is 4.98 Å². The molecule has 7 rings (SSSR count). The lowest BCUT2D eigenvalue weighted by Gasteiger charge is -2.69. The number of carboxylic acid groups (broad SMARTS) is 1. The van der Waals surface area contributed by atoms with E-state index >= 15 is 0 Å². The Morgan fingerprint density at radius 2 is 1.58 bits per heavy atom. The van der Waals surface area contributed by atoms with E-state index in [0.29, 0.717) is 17.4 Å². The second-order valence-electron chi connectivity index (χ2n) is 16.3. The van der Waals surface area contributed by atoms with Crippen molar-refractivity contribution < 1.29 is 20.1 Å². The van der Waals surface area contributed by atoms with Gasteiger partial charge in [0.15, 0.2) is 17.3 Å². The summed E-state index contributed by atoms with van der Waals surface area (Å²) < 4.78 is 0. The van der Waals surface area contributed by atoms with Gasteiger partial charge in [-0.3, -0.25) is 4.79 Å². The second-order valence-corrected chi connectivity index (χ2v) is 16.3. The third kappa shape index (κ3) is 5.81. The number of aromatic nitrogens is 1. The van der Waals surface area contributed by atoms with E-state index in [0.717, 1.165) is 68.2 Å². The van der Waals surface area contributed by atoms with E-state index in [1.807, 2.05) is 50.2 Å². The van der Waals surface area contributed by atoms with Crippen LogP contribution in [0, 0.1) is 34.5 Å². The summed E-state index contributed by atoms with van der Waals surface area (Å²) in [7, 11) is 0. The Hall–Kier alpha value is -4.11. The number of carbonyl (C=O) groups is 1. The molecule has 4 aliphatic rings. The monoisotopic (exact) mass is 701 g/mol. The molecule has 4 aliphatic carbocycles. The number of fused-ring (bicyclic) bond motifs is 7. The van der Waals surface area contributed by atoms with Gasteiger partial charge in [0.1, 0.15) is 11.5 Å². The van der Waals surface area contributed by atoms with Gasteiger partial charge in [0, 0.05) is 5.41 Å². The van der Waals surface area contributed by atoms with Crippen LogP contribution in [0.25, 0.3) is 0 Å². The maximum absolute atomic E-state index is 12.3. The van der Waals surface area contributed by atoms with Gasteiger partial charge in [-0.1, -0.05) is 57.5 Å². The molecule has 3 fully saturated rings. The molecule has 0 radical (unpaired) electrons. The molecule has 0 bridgehead atoms. The number of aliphatic carboxylic acids is 1. The minimum Gasteiger partial charge on any atom is -0.504 e.